The molecule has 0 radical (unpaired) electrons. The Bertz CT molecular complexity index is 895. The maximum Gasteiger partial charge on any atom is 0.312 e. The van der Waals surface area contributed by atoms with Gasteiger partial charge >= 0.3 is 11.9 Å². The van der Waals surface area contributed by atoms with E-state index in [4.69, 9.17) is 18.3 Å². The fraction of sp³-hybridized carbons (Fsp3) is 0.923. The summed E-state index contributed by atoms with van der Waals surface area (Å²) in [6.45, 7) is 16.3. The van der Waals surface area contributed by atoms with Gasteiger partial charge in [-0.05, 0) is 96.6 Å². The van der Waals surface area contributed by atoms with Crippen molar-refractivity contribution in [3.63, 3.8) is 0 Å². The van der Waals surface area contributed by atoms with Crippen molar-refractivity contribution in [3.05, 3.63) is 0 Å². The molecule has 0 amide bonds. The van der Waals surface area contributed by atoms with Gasteiger partial charge in [0, 0.05) is 24.4 Å². The Hall–Kier alpha value is -0.706. The van der Waals surface area contributed by atoms with Crippen molar-refractivity contribution >= 4 is 28.6 Å². The lowest BCUT2D eigenvalue weighted by molar-refractivity contribution is -0.163. The van der Waals surface area contributed by atoms with Crippen LogP contribution in [0, 0.1) is 34.5 Å². The van der Waals surface area contributed by atoms with Crippen LogP contribution in [0.3, 0.4) is 0 Å². The molecule has 4 saturated carbocycles. The second-order valence-electron chi connectivity index (χ2n) is 14.2. The minimum atomic E-state index is -1.86. The van der Waals surface area contributed by atoms with Crippen molar-refractivity contribution in [1.29, 1.82) is 0 Å². The van der Waals surface area contributed by atoms with Crippen LogP contribution in [0.1, 0.15) is 51.9 Å². The highest BCUT2D eigenvalue weighted by molar-refractivity contribution is 6.70. The summed E-state index contributed by atoms with van der Waals surface area (Å²) in [4.78, 5) is 26.9. The summed E-state index contributed by atoms with van der Waals surface area (Å²) in [5.74, 6) is -0.222. The molecule has 0 N–H and O–H groups in total. The van der Waals surface area contributed by atoms with Gasteiger partial charge in [0.05, 0.1) is 24.0 Å². The average molecular weight is 509 g/mol. The summed E-state index contributed by atoms with van der Waals surface area (Å²) in [6, 6.07) is 0. The maximum absolute atomic E-state index is 13.6. The largest absolute Gasteiger partial charge is 0.469 e. The molecule has 4 aliphatic carbocycles. The standard InChI is InChI=1S/C26H44O6Si2/c1-23-11-9-12-26(31-22(23)28)18-10-13-25(32-34(6,7)8)16-24(18,19(20(23)26)21(27)29-2)14-17(25)15-30-33(3,4)5/h17-20H,9-16H2,1-8H3/t17-,18-,19-,20-,23?,24+,25+,26-/m1/s1. The molecule has 5 fully saturated rings. The van der Waals surface area contributed by atoms with Gasteiger partial charge in [0.15, 0.2) is 16.6 Å². The Morgan fingerprint density at radius 2 is 1.79 bits per heavy atom. The summed E-state index contributed by atoms with van der Waals surface area (Å²) < 4.78 is 25.5. The predicted octanol–water partition coefficient (Wildman–Crippen LogP) is 5.14. The van der Waals surface area contributed by atoms with Gasteiger partial charge in [-0.15, -0.1) is 0 Å². The predicted molar refractivity (Wildman–Crippen MR) is 134 cm³/mol. The summed E-state index contributed by atoms with van der Waals surface area (Å²) in [5, 5.41) is 0. The molecule has 1 spiro atoms. The van der Waals surface area contributed by atoms with E-state index in [1.54, 1.807) is 0 Å². The molecule has 1 heterocycles. The van der Waals surface area contributed by atoms with Crippen LogP contribution in [-0.2, 0) is 27.9 Å². The molecular weight excluding hydrogens is 464 g/mol. The van der Waals surface area contributed by atoms with Gasteiger partial charge < -0.3 is 18.3 Å². The molecule has 192 valence electrons. The summed E-state index contributed by atoms with van der Waals surface area (Å²) >= 11 is 0. The lowest BCUT2D eigenvalue weighted by Crippen LogP contribution is -2.52. The fourth-order valence-electron chi connectivity index (χ4n) is 9.34. The van der Waals surface area contributed by atoms with E-state index in [0.717, 1.165) is 44.9 Å². The van der Waals surface area contributed by atoms with Crippen LogP contribution in [0.15, 0.2) is 0 Å². The molecule has 8 heteroatoms. The fourth-order valence-corrected chi connectivity index (χ4v) is 11.6. The molecule has 1 aliphatic heterocycles. The maximum atomic E-state index is 13.6. The van der Waals surface area contributed by atoms with E-state index < -0.39 is 27.7 Å². The quantitative estimate of drug-likeness (QED) is 0.365. The molecule has 4 bridgehead atoms. The van der Waals surface area contributed by atoms with Crippen LogP contribution in [0.5, 0.6) is 0 Å². The van der Waals surface area contributed by atoms with E-state index in [2.05, 4.69) is 46.2 Å². The molecule has 5 aliphatic rings. The number of rotatable bonds is 6. The zero-order valence-electron chi connectivity index (χ0n) is 22.4. The normalized spacial score (nSPS) is 47.2. The Morgan fingerprint density at radius 1 is 1.09 bits per heavy atom. The average Bonchev–Trinajstić information content (AvgIpc) is 3.13. The van der Waals surface area contributed by atoms with Crippen LogP contribution in [0.4, 0.5) is 0 Å². The van der Waals surface area contributed by atoms with Gasteiger partial charge in [0.2, 0.25) is 0 Å². The number of carbonyl (C=O) groups is 2. The zero-order valence-corrected chi connectivity index (χ0v) is 24.4. The number of fused-ring (bicyclic) bond motifs is 1. The third-order valence-electron chi connectivity index (χ3n) is 10.00. The molecule has 0 aromatic rings. The van der Waals surface area contributed by atoms with Crippen molar-refractivity contribution in [2.45, 2.75) is 102 Å². The highest BCUT2D eigenvalue weighted by Crippen LogP contribution is 2.79. The van der Waals surface area contributed by atoms with E-state index in [0.29, 0.717) is 6.61 Å². The van der Waals surface area contributed by atoms with E-state index >= 15 is 0 Å². The molecule has 5 rings (SSSR count). The molecule has 6 nitrogen and oxygen atoms in total. The van der Waals surface area contributed by atoms with Crippen molar-refractivity contribution in [2.24, 2.45) is 34.5 Å². The summed E-state index contributed by atoms with van der Waals surface area (Å²) in [5.41, 5.74) is -1.64. The second kappa shape index (κ2) is 7.42. The van der Waals surface area contributed by atoms with Crippen molar-refractivity contribution in [1.82, 2.24) is 0 Å². The number of ether oxygens (including phenoxy) is 2. The number of carbonyl (C=O) groups excluding carboxylic acids is 2. The molecule has 0 aromatic carbocycles. The van der Waals surface area contributed by atoms with Gasteiger partial charge in [-0.1, -0.05) is 0 Å². The van der Waals surface area contributed by atoms with Crippen LogP contribution < -0.4 is 0 Å². The van der Waals surface area contributed by atoms with Crippen LogP contribution in [-0.4, -0.2) is 53.5 Å². The molecular formula is C26H44O6Si2. The van der Waals surface area contributed by atoms with Crippen LogP contribution >= 0.6 is 0 Å². The van der Waals surface area contributed by atoms with Gasteiger partial charge in [0.1, 0.15) is 5.60 Å². The number of esters is 2. The topological polar surface area (TPSA) is 71.1 Å². The number of hydrogen-bond donors (Lipinski definition) is 0. The number of methoxy groups -OCH3 is 1. The Balaban J connectivity index is 1.63. The first-order chi connectivity index (χ1) is 15.6. The van der Waals surface area contributed by atoms with Gasteiger partial charge in [-0.25, -0.2) is 0 Å². The van der Waals surface area contributed by atoms with Gasteiger partial charge in [0.25, 0.3) is 0 Å². The molecule has 0 aromatic heterocycles. The Morgan fingerprint density at radius 3 is 2.41 bits per heavy atom. The summed E-state index contributed by atoms with van der Waals surface area (Å²) in [6.07, 6.45) is 6.32. The first-order valence-electron chi connectivity index (χ1n) is 13.3. The third kappa shape index (κ3) is 3.30. The van der Waals surface area contributed by atoms with E-state index in [1.165, 1.54) is 7.11 Å². The van der Waals surface area contributed by atoms with Crippen molar-refractivity contribution in [3.8, 4) is 0 Å². The SMILES string of the molecule is COC(=O)[C@H]1[C@@H]2C3(C)CCC[C@@]2(OC3=O)[C@@H]2CC[C@]3(O[Si](C)(C)C)C[C@@]21C[C@@H]3CO[Si](C)(C)C. The van der Waals surface area contributed by atoms with Crippen LogP contribution in [0.25, 0.3) is 0 Å². The third-order valence-corrected chi connectivity index (χ3v) is 12.1. The molecule has 8 atom stereocenters. The van der Waals surface area contributed by atoms with Gasteiger partial charge in [-0.3, -0.25) is 9.59 Å². The minimum absolute atomic E-state index is 0.0921. The van der Waals surface area contributed by atoms with Crippen molar-refractivity contribution < 1.29 is 27.9 Å². The molecule has 1 unspecified atom stereocenters. The Kier molecular flexibility index (Phi) is 5.45. The first kappa shape index (κ1) is 25.0. The monoisotopic (exact) mass is 508 g/mol. The first-order valence-corrected chi connectivity index (χ1v) is 20.1. The Labute approximate surface area is 207 Å². The van der Waals surface area contributed by atoms with Crippen LogP contribution in [0.2, 0.25) is 39.3 Å². The lowest BCUT2D eigenvalue weighted by atomic mass is 9.60. The van der Waals surface area contributed by atoms with Gasteiger partial charge in [-0.2, -0.15) is 0 Å². The highest BCUT2D eigenvalue weighted by Gasteiger charge is 2.83. The molecule has 1 saturated heterocycles. The zero-order chi connectivity index (χ0) is 24.9. The van der Waals surface area contributed by atoms with Crippen molar-refractivity contribution in [2.75, 3.05) is 13.7 Å². The minimum Gasteiger partial charge on any atom is -0.469 e. The second-order valence-corrected chi connectivity index (χ2v) is 23.1. The van der Waals surface area contributed by atoms with E-state index in [-0.39, 0.29) is 46.6 Å². The highest BCUT2D eigenvalue weighted by atomic mass is 28.4. The summed E-state index contributed by atoms with van der Waals surface area (Å²) in [7, 11) is -2.07. The molecule has 34 heavy (non-hydrogen) atoms. The smallest absolute Gasteiger partial charge is 0.312 e. The van der Waals surface area contributed by atoms with E-state index in [1.807, 2.05) is 0 Å². The lowest BCUT2D eigenvalue weighted by Gasteiger charge is -2.49. The number of hydrogen-bond acceptors (Lipinski definition) is 6. The van der Waals surface area contributed by atoms with E-state index in [9.17, 15) is 9.59 Å².